The Morgan fingerprint density at radius 3 is 2.59 bits per heavy atom. The maximum Gasteiger partial charge on any atom is 0.223 e. The van der Waals surface area contributed by atoms with Crippen molar-refractivity contribution in [2.45, 2.75) is 32.2 Å². The second kappa shape index (κ2) is 4.13. The van der Waals surface area contributed by atoms with Crippen molar-refractivity contribution in [2.24, 2.45) is 17.8 Å². The Hall–Kier alpha value is -1.38. The number of rotatable bonds is 3. The van der Waals surface area contributed by atoms with Crippen LogP contribution in [0.25, 0.3) is 0 Å². The third-order valence-corrected chi connectivity index (χ3v) is 4.18. The summed E-state index contributed by atoms with van der Waals surface area (Å²) in [5.41, 5.74) is 1.12. The largest absolute Gasteiger partial charge is 0.349 e. The summed E-state index contributed by atoms with van der Waals surface area (Å²) in [6.45, 7) is 2.03. The van der Waals surface area contributed by atoms with E-state index in [9.17, 15) is 4.79 Å². The molecule has 0 spiro atoms. The number of amides is 1. The normalized spacial score (nSPS) is 31.7. The minimum Gasteiger partial charge on any atom is -0.349 e. The molecule has 1 amide bonds. The lowest BCUT2D eigenvalue weighted by Crippen LogP contribution is -2.32. The standard InChI is InChI=1S/C14H18N2O/c1-9(10-2-4-15-5-3-10)16-14(17)13-7-11-6-12(11)8-13/h2-5,9,11-13H,6-8H2,1H3,(H,16,17)/t9-,11?,12?,13?/m1/s1. The molecule has 3 atom stereocenters. The van der Waals surface area contributed by atoms with Crippen LogP contribution < -0.4 is 5.32 Å². The molecular formula is C14H18N2O. The van der Waals surface area contributed by atoms with Crippen LogP contribution in [0, 0.1) is 17.8 Å². The number of hydrogen-bond acceptors (Lipinski definition) is 2. The summed E-state index contributed by atoms with van der Waals surface area (Å²) in [6.07, 6.45) is 7.12. The summed E-state index contributed by atoms with van der Waals surface area (Å²) >= 11 is 0. The molecule has 3 rings (SSSR count). The topological polar surface area (TPSA) is 42.0 Å². The van der Waals surface area contributed by atoms with E-state index >= 15 is 0 Å². The zero-order chi connectivity index (χ0) is 11.8. The lowest BCUT2D eigenvalue weighted by molar-refractivity contribution is -0.125. The van der Waals surface area contributed by atoms with Crippen LogP contribution in [0.2, 0.25) is 0 Å². The van der Waals surface area contributed by atoms with Crippen LogP contribution in [0.5, 0.6) is 0 Å². The van der Waals surface area contributed by atoms with Gasteiger partial charge < -0.3 is 5.32 Å². The fourth-order valence-electron chi connectivity index (χ4n) is 3.00. The molecule has 0 aliphatic heterocycles. The van der Waals surface area contributed by atoms with Gasteiger partial charge in [-0.2, -0.15) is 0 Å². The van der Waals surface area contributed by atoms with Gasteiger partial charge in [0.25, 0.3) is 0 Å². The van der Waals surface area contributed by atoms with Crippen molar-refractivity contribution < 1.29 is 4.79 Å². The summed E-state index contributed by atoms with van der Waals surface area (Å²) < 4.78 is 0. The summed E-state index contributed by atoms with van der Waals surface area (Å²) in [6, 6.07) is 4.00. The second-order valence-corrected chi connectivity index (χ2v) is 5.44. The third-order valence-electron chi connectivity index (χ3n) is 4.18. The molecule has 0 radical (unpaired) electrons. The Kier molecular flexibility index (Phi) is 2.61. The van der Waals surface area contributed by atoms with E-state index in [-0.39, 0.29) is 17.9 Å². The van der Waals surface area contributed by atoms with Gasteiger partial charge in [0, 0.05) is 18.3 Å². The highest BCUT2D eigenvalue weighted by Gasteiger charge is 2.48. The third kappa shape index (κ3) is 2.19. The van der Waals surface area contributed by atoms with E-state index in [1.54, 1.807) is 12.4 Å². The Labute approximate surface area is 102 Å². The Balaban J connectivity index is 1.57. The predicted molar refractivity (Wildman–Crippen MR) is 65.1 cm³/mol. The van der Waals surface area contributed by atoms with Crippen LogP contribution in [0.4, 0.5) is 0 Å². The van der Waals surface area contributed by atoms with Gasteiger partial charge in [0.05, 0.1) is 6.04 Å². The zero-order valence-corrected chi connectivity index (χ0v) is 10.1. The molecule has 17 heavy (non-hydrogen) atoms. The molecule has 3 heteroatoms. The number of carbonyl (C=O) groups excluding carboxylic acids is 1. The Morgan fingerprint density at radius 2 is 1.94 bits per heavy atom. The van der Waals surface area contributed by atoms with Crippen LogP contribution in [0.3, 0.4) is 0 Å². The molecule has 2 aliphatic carbocycles. The molecule has 0 bridgehead atoms. The maximum absolute atomic E-state index is 12.1. The molecule has 1 heterocycles. The molecule has 2 saturated carbocycles. The lowest BCUT2D eigenvalue weighted by Gasteiger charge is -2.18. The smallest absolute Gasteiger partial charge is 0.223 e. The fraction of sp³-hybridized carbons (Fsp3) is 0.571. The first-order valence-corrected chi connectivity index (χ1v) is 6.44. The van der Waals surface area contributed by atoms with Crippen molar-refractivity contribution in [3.8, 4) is 0 Å². The molecule has 2 fully saturated rings. The van der Waals surface area contributed by atoms with Crippen LogP contribution >= 0.6 is 0 Å². The van der Waals surface area contributed by atoms with Crippen LogP contribution in [-0.4, -0.2) is 10.9 Å². The highest BCUT2D eigenvalue weighted by atomic mass is 16.1. The first-order chi connectivity index (χ1) is 8.24. The highest BCUT2D eigenvalue weighted by Crippen LogP contribution is 2.54. The Morgan fingerprint density at radius 1 is 1.29 bits per heavy atom. The summed E-state index contributed by atoms with van der Waals surface area (Å²) in [5.74, 6) is 2.23. The van der Waals surface area contributed by atoms with Gasteiger partial charge in [-0.25, -0.2) is 0 Å². The van der Waals surface area contributed by atoms with Crippen molar-refractivity contribution in [1.29, 1.82) is 0 Å². The van der Waals surface area contributed by atoms with Gasteiger partial charge in [-0.1, -0.05) is 0 Å². The monoisotopic (exact) mass is 230 g/mol. The number of nitrogens with one attached hydrogen (secondary N) is 1. The minimum atomic E-state index is 0.0856. The SMILES string of the molecule is C[C@@H](NC(=O)C1CC2CC2C1)c1ccncc1. The molecular weight excluding hydrogens is 212 g/mol. The second-order valence-electron chi connectivity index (χ2n) is 5.44. The van der Waals surface area contributed by atoms with E-state index in [2.05, 4.69) is 10.3 Å². The van der Waals surface area contributed by atoms with Crippen molar-refractivity contribution >= 4 is 5.91 Å². The van der Waals surface area contributed by atoms with Gasteiger partial charge in [0.15, 0.2) is 0 Å². The first-order valence-electron chi connectivity index (χ1n) is 6.44. The zero-order valence-electron chi connectivity index (χ0n) is 10.1. The molecule has 2 unspecified atom stereocenters. The van der Waals surface area contributed by atoms with E-state index in [1.165, 1.54) is 6.42 Å². The van der Waals surface area contributed by atoms with E-state index in [1.807, 2.05) is 19.1 Å². The van der Waals surface area contributed by atoms with E-state index in [4.69, 9.17) is 0 Å². The summed E-state index contributed by atoms with van der Waals surface area (Å²) in [5, 5.41) is 3.11. The fourth-order valence-corrected chi connectivity index (χ4v) is 3.00. The van der Waals surface area contributed by atoms with Gasteiger partial charge in [0.1, 0.15) is 0 Å². The van der Waals surface area contributed by atoms with Gasteiger partial charge in [-0.05, 0) is 55.7 Å². The number of fused-ring (bicyclic) bond motifs is 1. The van der Waals surface area contributed by atoms with Gasteiger partial charge in [-0.3, -0.25) is 9.78 Å². The van der Waals surface area contributed by atoms with Crippen molar-refractivity contribution in [1.82, 2.24) is 10.3 Å². The number of aromatic nitrogens is 1. The average molecular weight is 230 g/mol. The van der Waals surface area contributed by atoms with Crippen LogP contribution in [0.15, 0.2) is 24.5 Å². The highest BCUT2D eigenvalue weighted by molar-refractivity contribution is 5.79. The van der Waals surface area contributed by atoms with Crippen LogP contribution in [0.1, 0.15) is 37.8 Å². The maximum atomic E-state index is 12.1. The molecule has 90 valence electrons. The molecule has 2 aliphatic rings. The molecule has 1 aromatic rings. The molecule has 0 aromatic carbocycles. The molecule has 1 N–H and O–H groups in total. The first kappa shape index (κ1) is 10.8. The number of nitrogens with zero attached hydrogens (tertiary/aromatic N) is 1. The summed E-state index contributed by atoms with van der Waals surface area (Å²) in [7, 11) is 0. The predicted octanol–water partition coefficient (Wildman–Crippen LogP) is 2.30. The average Bonchev–Trinajstić information content (AvgIpc) is 2.97. The van der Waals surface area contributed by atoms with Crippen molar-refractivity contribution in [3.63, 3.8) is 0 Å². The minimum absolute atomic E-state index is 0.0856. The molecule has 0 saturated heterocycles. The van der Waals surface area contributed by atoms with Crippen LogP contribution in [-0.2, 0) is 4.79 Å². The summed E-state index contributed by atoms with van der Waals surface area (Å²) in [4.78, 5) is 16.1. The van der Waals surface area contributed by atoms with E-state index in [0.29, 0.717) is 0 Å². The van der Waals surface area contributed by atoms with Gasteiger partial charge >= 0.3 is 0 Å². The van der Waals surface area contributed by atoms with Gasteiger partial charge in [0.2, 0.25) is 5.91 Å². The number of carbonyl (C=O) groups is 1. The molecule has 1 aromatic heterocycles. The number of pyridine rings is 1. The lowest BCUT2D eigenvalue weighted by atomic mass is 10.0. The van der Waals surface area contributed by atoms with E-state index < -0.39 is 0 Å². The molecule has 3 nitrogen and oxygen atoms in total. The van der Waals surface area contributed by atoms with E-state index in [0.717, 1.165) is 30.2 Å². The quantitative estimate of drug-likeness (QED) is 0.865. The Bertz CT molecular complexity index is 407. The number of hydrogen-bond donors (Lipinski definition) is 1. The van der Waals surface area contributed by atoms with Gasteiger partial charge in [-0.15, -0.1) is 0 Å². The van der Waals surface area contributed by atoms with Crippen molar-refractivity contribution in [3.05, 3.63) is 30.1 Å². The van der Waals surface area contributed by atoms with Crippen molar-refractivity contribution in [2.75, 3.05) is 0 Å².